The summed E-state index contributed by atoms with van der Waals surface area (Å²) >= 11 is 0. The number of nitrogens with one attached hydrogen (secondary N) is 2. The fourth-order valence-electron chi connectivity index (χ4n) is 3.80. The summed E-state index contributed by atoms with van der Waals surface area (Å²) in [6.45, 7) is 4.37. The first-order chi connectivity index (χ1) is 12.6. The highest BCUT2D eigenvalue weighted by Gasteiger charge is 2.44. The lowest BCUT2D eigenvalue weighted by atomic mass is 9.96. The molecule has 0 spiro atoms. The fourth-order valence-corrected chi connectivity index (χ4v) is 3.80. The molecule has 1 amide bonds. The lowest BCUT2D eigenvalue weighted by molar-refractivity contribution is 0.0944. The average Bonchev–Trinajstić information content (AvgIpc) is 3.36. The number of hydrogen-bond donors (Lipinski definition) is 2. The molecular formula is C19H24FN5O. The Labute approximate surface area is 152 Å². The lowest BCUT2D eigenvalue weighted by Crippen LogP contribution is -2.33. The van der Waals surface area contributed by atoms with Gasteiger partial charge in [-0.15, -0.1) is 5.10 Å². The molecule has 0 radical (unpaired) electrons. The van der Waals surface area contributed by atoms with E-state index in [0.717, 1.165) is 50.0 Å². The molecule has 1 aliphatic heterocycles. The van der Waals surface area contributed by atoms with Crippen LogP contribution in [0.3, 0.4) is 0 Å². The summed E-state index contributed by atoms with van der Waals surface area (Å²) in [6.07, 6.45) is 4.00. The molecule has 2 fully saturated rings. The summed E-state index contributed by atoms with van der Waals surface area (Å²) in [5, 5.41) is 14.7. The van der Waals surface area contributed by atoms with Crippen molar-refractivity contribution in [1.82, 2.24) is 25.6 Å². The van der Waals surface area contributed by atoms with Gasteiger partial charge in [0.2, 0.25) is 0 Å². The van der Waals surface area contributed by atoms with Crippen molar-refractivity contribution in [3.05, 3.63) is 47.0 Å². The van der Waals surface area contributed by atoms with Gasteiger partial charge in [-0.05, 0) is 63.4 Å². The Balaban J connectivity index is 1.42. The van der Waals surface area contributed by atoms with Crippen molar-refractivity contribution >= 4 is 5.91 Å². The van der Waals surface area contributed by atoms with E-state index in [9.17, 15) is 9.18 Å². The molecule has 26 heavy (non-hydrogen) atoms. The van der Waals surface area contributed by atoms with Crippen LogP contribution in [0.2, 0.25) is 0 Å². The van der Waals surface area contributed by atoms with Gasteiger partial charge in [-0.2, -0.15) is 0 Å². The first-order valence-corrected chi connectivity index (χ1v) is 9.26. The first-order valence-electron chi connectivity index (χ1n) is 9.26. The van der Waals surface area contributed by atoms with Crippen molar-refractivity contribution in [2.24, 2.45) is 0 Å². The third kappa shape index (κ3) is 3.23. The maximum Gasteiger partial charge on any atom is 0.273 e. The van der Waals surface area contributed by atoms with Gasteiger partial charge in [0.15, 0.2) is 5.69 Å². The number of aromatic nitrogens is 3. The molecule has 1 aromatic heterocycles. The normalized spacial score (nSPS) is 19.3. The zero-order chi connectivity index (χ0) is 18.1. The Kier molecular flexibility index (Phi) is 4.48. The van der Waals surface area contributed by atoms with Crippen LogP contribution in [0.25, 0.3) is 0 Å². The minimum absolute atomic E-state index is 0.0672. The number of carbonyl (C=O) groups is 1. The van der Waals surface area contributed by atoms with Crippen LogP contribution in [0.15, 0.2) is 24.3 Å². The van der Waals surface area contributed by atoms with E-state index in [1.807, 2.05) is 23.7 Å². The minimum atomic E-state index is -0.237. The topological polar surface area (TPSA) is 71.8 Å². The van der Waals surface area contributed by atoms with E-state index < -0.39 is 0 Å². The van der Waals surface area contributed by atoms with Crippen molar-refractivity contribution in [3.63, 3.8) is 0 Å². The molecule has 2 heterocycles. The molecule has 6 nitrogen and oxygen atoms in total. The molecule has 2 aliphatic rings. The monoisotopic (exact) mass is 357 g/mol. The second-order valence-corrected chi connectivity index (χ2v) is 7.42. The van der Waals surface area contributed by atoms with Crippen LogP contribution in [0.5, 0.6) is 0 Å². The third-order valence-electron chi connectivity index (χ3n) is 5.69. The molecule has 1 aliphatic carbocycles. The van der Waals surface area contributed by atoms with Gasteiger partial charge >= 0.3 is 0 Å². The van der Waals surface area contributed by atoms with Crippen LogP contribution in [0, 0.1) is 12.7 Å². The highest BCUT2D eigenvalue weighted by molar-refractivity contribution is 5.93. The zero-order valence-corrected chi connectivity index (χ0v) is 15.0. The van der Waals surface area contributed by atoms with Gasteiger partial charge in [0.25, 0.3) is 5.91 Å². The van der Waals surface area contributed by atoms with Gasteiger partial charge in [0.1, 0.15) is 5.82 Å². The Hall–Kier alpha value is -2.28. The van der Waals surface area contributed by atoms with Crippen molar-refractivity contribution in [2.45, 2.75) is 44.1 Å². The van der Waals surface area contributed by atoms with Gasteiger partial charge in [0, 0.05) is 12.0 Å². The maximum atomic E-state index is 13.1. The fraction of sp³-hybridized carbons (Fsp3) is 0.526. The number of hydrogen-bond acceptors (Lipinski definition) is 4. The van der Waals surface area contributed by atoms with Gasteiger partial charge in [-0.1, -0.05) is 17.3 Å². The maximum absolute atomic E-state index is 13.1. The molecule has 1 saturated carbocycles. The molecule has 1 aromatic carbocycles. The van der Waals surface area contributed by atoms with Crippen LogP contribution in [-0.2, 0) is 5.41 Å². The summed E-state index contributed by atoms with van der Waals surface area (Å²) in [4.78, 5) is 12.6. The molecule has 0 unspecified atom stereocenters. The van der Waals surface area contributed by atoms with E-state index in [0.29, 0.717) is 18.3 Å². The summed E-state index contributed by atoms with van der Waals surface area (Å²) in [5.41, 5.74) is 2.23. The van der Waals surface area contributed by atoms with E-state index in [1.165, 1.54) is 12.1 Å². The smallest absolute Gasteiger partial charge is 0.273 e. The Morgan fingerprint density at radius 2 is 2.00 bits per heavy atom. The van der Waals surface area contributed by atoms with Crippen molar-refractivity contribution in [3.8, 4) is 0 Å². The number of piperidine rings is 1. The highest BCUT2D eigenvalue weighted by atomic mass is 19.1. The summed E-state index contributed by atoms with van der Waals surface area (Å²) in [7, 11) is 0. The SMILES string of the molecule is Cc1c(C(=O)NCC2(c3ccc(F)cc3)CC2)nnn1C1CCNCC1. The lowest BCUT2D eigenvalue weighted by Gasteiger charge is -2.23. The van der Waals surface area contributed by atoms with Gasteiger partial charge in [-0.3, -0.25) is 4.79 Å². The van der Waals surface area contributed by atoms with Crippen LogP contribution >= 0.6 is 0 Å². The van der Waals surface area contributed by atoms with E-state index in [-0.39, 0.29) is 17.1 Å². The standard InChI is InChI=1S/C19H24FN5O/c1-13-17(23-24-25(13)16-6-10-21-11-7-16)18(26)22-12-19(8-9-19)14-2-4-15(20)5-3-14/h2-5,16,21H,6-12H2,1H3,(H,22,26). The molecule has 138 valence electrons. The minimum Gasteiger partial charge on any atom is -0.350 e. The molecular weight excluding hydrogens is 333 g/mol. The number of benzene rings is 1. The predicted octanol–water partition coefficient (Wildman–Crippen LogP) is 2.11. The van der Waals surface area contributed by atoms with Gasteiger partial charge in [0.05, 0.1) is 11.7 Å². The van der Waals surface area contributed by atoms with Crippen molar-refractivity contribution < 1.29 is 9.18 Å². The number of nitrogens with zero attached hydrogens (tertiary/aromatic N) is 3. The molecule has 1 saturated heterocycles. The number of amides is 1. The molecule has 2 aromatic rings. The van der Waals surface area contributed by atoms with Crippen molar-refractivity contribution in [1.29, 1.82) is 0 Å². The van der Waals surface area contributed by atoms with E-state index in [2.05, 4.69) is 20.9 Å². The highest BCUT2D eigenvalue weighted by Crippen LogP contribution is 2.47. The summed E-state index contributed by atoms with van der Waals surface area (Å²) in [5.74, 6) is -0.421. The second-order valence-electron chi connectivity index (χ2n) is 7.42. The number of carbonyl (C=O) groups excluding carboxylic acids is 1. The molecule has 2 N–H and O–H groups in total. The zero-order valence-electron chi connectivity index (χ0n) is 15.0. The van der Waals surface area contributed by atoms with Gasteiger partial charge < -0.3 is 10.6 Å². The number of rotatable bonds is 5. The Bertz CT molecular complexity index is 791. The first kappa shape index (κ1) is 17.1. The van der Waals surface area contributed by atoms with E-state index in [4.69, 9.17) is 0 Å². The Morgan fingerprint density at radius 3 is 2.65 bits per heavy atom. The quantitative estimate of drug-likeness (QED) is 0.860. The summed E-state index contributed by atoms with van der Waals surface area (Å²) in [6, 6.07) is 6.89. The van der Waals surface area contributed by atoms with Crippen LogP contribution in [0.1, 0.15) is 53.5 Å². The Morgan fingerprint density at radius 1 is 1.31 bits per heavy atom. The number of halogens is 1. The van der Waals surface area contributed by atoms with E-state index >= 15 is 0 Å². The largest absolute Gasteiger partial charge is 0.350 e. The van der Waals surface area contributed by atoms with E-state index in [1.54, 1.807) is 0 Å². The molecule has 4 rings (SSSR count). The van der Waals surface area contributed by atoms with Crippen LogP contribution < -0.4 is 10.6 Å². The molecule has 7 heteroatoms. The van der Waals surface area contributed by atoms with Crippen LogP contribution in [0.4, 0.5) is 4.39 Å². The second kappa shape index (κ2) is 6.79. The molecule has 0 bridgehead atoms. The average molecular weight is 357 g/mol. The van der Waals surface area contributed by atoms with Crippen molar-refractivity contribution in [2.75, 3.05) is 19.6 Å². The van der Waals surface area contributed by atoms with Crippen LogP contribution in [-0.4, -0.2) is 40.5 Å². The molecule has 0 atom stereocenters. The van der Waals surface area contributed by atoms with Gasteiger partial charge in [-0.25, -0.2) is 9.07 Å². The summed E-state index contributed by atoms with van der Waals surface area (Å²) < 4.78 is 15.0. The predicted molar refractivity (Wildman–Crippen MR) is 95.5 cm³/mol. The third-order valence-corrected chi connectivity index (χ3v) is 5.69.